The van der Waals surface area contributed by atoms with Gasteiger partial charge in [0.25, 0.3) is 5.91 Å². The Labute approximate surface area is 157 Å². The molecule has 3 rings (SSSR count). The topological polar surface area (TPSA) is 87.7 Å². The fourth-order valence-corrected chi connectivity index (χ4v) is 3.04. The average Bonchev–Trinajstić information content (AvgIpc) is 3.07. The Hall–Kier alpha value is -3.22. The van der Waals surface area contributed by atoms with Crippen molar-refractivity contribution >= 4 is 22.5 Å². The Morgan fingerprint density at radius 1 is 1.19 bits per heavy atom. The lowest BCUT2D eigenvalue weighted by Gasteiger charge is -2.19. The molecule has 0 saturated carbocycles. The summed E-state index contributed by atoms with van der Waals surface area (Å²) < 4.78 is 10.5. The van der Waals surface area contributed by atoms with Crippen LogP contribution in [0.2, 0.25) is 0 Å². The first-order chi connectivity index (χ1) is 13.0. The minimum absolute atomic E-state index is 0.0912. The highest BCUT2D eigenvalue weighted by Gasteiger charge is 2.21. The molecule has 0 saturated heterocycles. The summed E-state index contributed by atoms with van der Waals surface area (Å²) in [6.07, 6.45) is 1.74. The molecule has 1 amide bonds. The van der Waals surface area contributed by atoms with Crippen molar-refractivity contribution < 1.29 is 19.4 Å². The van der Waals surface area contributed by atoms with Crippen LogP contribution < -0.4 is 14.4 Å². The van der Waals surface area contributed by atoms with Crippen LogP contribution in [0.1, 0.15) is 29.4 Å². The first-order valence-corrected chi connectivity index (χ1v) is 8.70. The molecule has 27 heavy (non-hydrogen) atoms. The molecule has 0 aliphatic rings. The van der Waals surface area contributed by atoms with E-state index in [1.165, 1.54) is 18.1 Å². The summed E-state index contributed by atoms with van der Waals surface area (Å²) in [5.41, 5.74) is 2.44. The highest BCUT2D eigenvalue weighted by Crippen LogP contribution is 2.33. The maximum absolute atomic E-state index is 13.0. The lowest BCUT2D eigenvalue weighted by Crippen LogP contribution is -2.26. The van der Waals surface area contributed by atoms with E-state index >= 15 is 0 Å². The summed E-state index contributed by atoms with van der Waals surface area (Å²) in [7, 11) is 4.74. The van der Waals surface area contributed by atoms with Crippen molar-refractivity contribution in [2.45, 2.75) is 19.8 Å². The second kappa shape index (κ2) is 7.57. The van der Waals surface area contributed by atoms with Gasteiger partial charge in [0, 0.05) is 30.3 Å². The monoisotopic (exact) mass is 369 g/mol. The largest absolute Gasteiger partial charge is 0.507 e. The summed E-state index contributed by atoms with van der Waals surface area (Å²) in [4.78, 5) is 14.5. The quantitative estimate of drug-likeness (QED) is 0.694. The SMILES string of the molecule is CCCc1n[nH]c2cc(O)c(C(=O)N(C)c3ccc(OC)c(OC)c3)cc12. The number of aryl methyl sites for hydroxylation is 1. The number of hydrogen-bond donors (Lipinski definition) is 2. The number of phenols is 1. The van der Waals surface area contributed by atoms with Crippen molar-refractivity contribution in [3.8, 4) is 17.2 Å². The van der Waals surface area contributed by atoms with E-state index in [1.807, 2.05) is 0 Å². The number of carbonyl (C=O) groups excluding carboxylic acids is 1. The van der Waals surface area contributed by atoms with Crippen molar-refractivity contribution in [3.05, 3.63) is 41.6 Å². The number of methoxy groups -OCH3 is 2. The molecular formula is C20H23N3O4. The number of rotatable bonds is 6. The Morgan fingerprint density at radius 3 is 2.59 bits per heavy atom. The molecule has 142 valence electrons. The van der Waals surface area contributed by atoms with E-state index in [9.17, 15) is 9.90 Å². The molecule has 2 aromatic carbocycles. The molecule has 0 unspecified atom stereocenters. The lowest BCUT2D eigenvalue weighted by atomic mass is 10.1. The number of aromatic amines is 1. The van der Waals surface area contributed by atoms with Crippen LogP contribution in [0.25, 0.3) is 10.9 Å². The number of fused-ring (bicyclic) bond motifs is 1. The normalized spacial score (nSPS) is 10.8. The van der Waals surface area contributed by atoms with E-state index in [2.05, 4.69) is 17.1 Å². The summed E-state index contributed by atoms with van der Waals surface area (Å²) in [6, 6.07) is 8.44. The number of carbonyl (C=O) groups is 1. The fourth-order valence-electron chi connectivity index (χ4n) is 3.04. The Morgan fingerprint density at radius 2 is 1.93 bits per heavy atom. The summed E-state index contributed by atoms with van der Waals surface area (Å²) in [6.45, 7) is 2.07. The van der Waals surface area contributed by atoms with Gasteiger partial charge in [-0.15, -0.1) is 0 Å². The van der Waals surface area contributed by atoms with E-state index in [0.29, 0.717) is 22.7 Å². The molecule has 2 N–H and O–H groups in total. The molecule has 0 bridgehead atoms. The lowest BCUT2D eigenvalue weighted by molar-refractivity contribution is 0.0990. The Bertz CT molecular complexity index is 981. The second-order valence-corrected chi connectivity index (χ2v) is 6.24. The molecule has 1 aromatic heterocycles. The molecule has 0 radical (unpaired) electrons. The maximum atomic E-state index is 13.0. The highest BCUT2D eigenvalue weighted by molar-refractivity contribution is 6.09. The predicted octanol–water partition coefficient (Wildman–Crippen LogP) is 3.51. The minimum atomic E-state index is -0.328. The number of nitrogens with zero attached hydrogens (tertiary/aromatic N) is 2. The summed E-state index contributed by atoms with van der Waals surface area (Å²) in [5, 5.41) is 18.4. The Kier molecular flexibility index (Phi) is 5.21. The number of phenolic OH excluding ortho intramolecular Hbond substituents is 1. The fraction of sp³-hybridized carbons (Fsp3) is 0.300. The third-order valence-electron chi connectivity index (χ3n) is 4.53. The molecular weight excluding hydrogens is 346 g/mol. The van der Waals surface area contributed by atoms with Gasteiger partial charge in [0.1, 0.15) is 5.75 Å². The highest BCUT2D eigenvalue weighted by atomic mass is 16.5. The van der Waals surface area contributed by atoms with Gasteiger partial charge in [0.2, 0.25) is 0 Å². The molecule has 7 nitrogen and oxygen atoms in total. The zero-order valence-electron chi connectivity index (χ0n) is 15.9. The molecule has 0 atom stereocenters. The van der Waals surface area contributed by atoms with Gasteiger partial charge in [-0.1, -0.05) is 13.3 Å². The van der Waals surface area contributed by atoms with Gasteiger partial charge in [-0.2, -0.15) is 5.10 Å². The summed E-state index contributed by atoms with van der Waals surface area (Å²) >= 11 is 0. The van der Waals surface area contributed by atoms with Gasteiger partial charge in [-0.25, -0.2) is 0 Å². The number of benzene rings is 2. The van der Waals surface area contributed by atoms with Crippen molar-refractivity contribution in [1.82, 2.24) is 10.2 Å². The zero-order valence-corrected chi connectivity index (χ0v) is 15.9. The Balaban J connectivity index is 1.99. The van der Waals surface area contributed by atoms with Gasteiger partial charge >= 0.3 is 0 Å². The van der Waals surface area contributed by atoms with Gasteiger partial charge in [-0.05, 0) is 24.6 Å². The van der Waals surface area contributed by atoms with Gasteiger partial charge in [0.15, 0.2) is 11.5 Å². The van der Waals surface area contributed by atoms with Crippen molar-refractivity contribution in [2.24, 2.45) is 0 Å². The minimum Gasteiger partial charge on any atom is -0.507 e. The number of nitrogens with one attached hydrogen (secondary N) is 1. The van der Waals surface area contributed by atoms with Crippen LogP contribution in [0.15, 0.2) is 30.3 Å². The number of ether oxygens (including phenoxy) is 2. The van der Waals surface area contributed by atoms with Gasteiger partial charge in [0.05, 0.1) is 31.0 Å². The summed E-state index contributed by atoms with van der Waals surface area (Å²) in [5.74, 6) is 0.681. The van der Waals surface area contributed by atoms with Crippen LogP contribution in [0.4, 0.5) is 5.69 Å². The standard InChI is InChI=1S/C20H23N3O4/c1-5-6-15-13-10-14(17(24)11-16(13)22-21-15)20(25)23(2)12-7-8-18(26-3)19(9-12)27-4/h7-11,24H,5-6H2,1-4H3,(H,21,22). The van der Waals surface area contributed by atoms with E-state index in [4.69, 9.17) is 9.47 Å². The average molecular weight is 369 g/mol. The maximum Gasteiger partial charge on any atom is 0.261 e. The van der Waals surface area contributed by atoms with E-state index < -0.39 is 0 Å². The molecule has 0 aliphatic heterocycles. The first-order valence-electron chi connectivity index (χ1n) is 8.70. The number of amides is 1. The van der Waals surface area contributed by atoms with Crippen molar-refractivity contribution in [2.75, 3.05) is 26.2 Å². The van der Waals surface area contributed by atoms with E-state index in [1.54, 1.807) is 38.4 Å². The van der Waals surface area contributed by atoms with E-state index in [-0.39, 0.29) is 17.2 Å². The van der Waals surface area contributed by atoms with Gasteiger partial charge < -0.3 is 19.5 Å². The van der Waals surface area contributed by atoms with Crippen molar-refractivity contribution in [3.63, 3.8) is 0 Å². The number of aromatic nitrogens is 2. The van der Waals surface area contributed by atoms with Crippen LogP contribution in [0, 0.1) is 0 Å². The van der Waals surface area contributed by atoms with Crippen molar-refractivity contribution in [1.29, 1.82) is 0 Å². The number of anilines is 1. The van der Waals surface area contributed by atoms with Crippen LogP contribution >= 0.6 is 0 Å². The molecule has 0 fully saturated rings. The first kappa shape index (κ1) is 18.6. The third kappa shape index (κ3) is 3.40. The second-order valence-electron chi connectivity index (χ2n) is 6.24. The number of hydrogen-bond acceptors (Lipinski definition) is 5. The van der Waals surface area contributed by atoms with Crippen LogP contribution in [0.3, 0.4) is 0 Å². The molecule has 0 aliphatic carbocycles. The van der Waals surface area contributed by atoms with Crippen LogP contribution in [-0.4, -0.2) is 42.5 Å². The van der Waals surface area contributed by atoms with E-state index in [0.717, 1.165) is 23.9 Å². The zero-order chi connectivity index (χ0) is 19.6. The third-order valence-corrected chi connectivity index (χ3v) is 4.53. The molecule has 3 aromatic rings. The smallest absolute Gasteiger partial charge is 0.261 e. The number of aromatic hydroxyl groups is 1. The predicted molar refractivity (Wildman–Crippen MR) is 104 cm³/mol. The molecule has 1 heterocycles. The van der Waals surface area contributed by atoms with Crippen LogP contribution in [-0.2, 0) is 6.42 Å². The molecule has 0 spiro atoms. The number of H-pyrrole nitrogens is 1. The molecule has 7 heteroatoms. The van der Waals surface area contributed by atoms with Crippen LogP contribution in [0.5, 0.6) is 17.2 Å². The van der Waals surface area contributed by atoms with Gasteiger partial charge in [-0.3, -0.25) is 9.89 Å².